The number of hydrogen-bond donors (Lipinski definition) is 0. The van der Waals surface area contributed by atoms with Gasteiger partial charge in [0, 0.05) is 33.5 Å². The molecule has 3 rings (SSSR count). The molecule has 0 atom stereocenters. The second-order valence-electron chi connectivity index (χ2n) is 8.47. The van der Waals surface area contributed by atoms with Crippen molar-refractivity contribution in [3.8, 4) is 6.07 Å². The monoisotopic (exact) mass is 550 g/mol. The second-order valence-corrected chi connectivity index (χ2v) is 9.58. The van der Waals surface area contributed by atoms with Gasteiger partial charge in [0.25, 0.3) is 0 Å². The first-order valence-corrected chi connectivity index (χ1v) is 13.3. The van der Waals surface area contributed by atoms with Crippen molar-refractivity contribution in [3.05, 3.63) is 62.0 Å². The van der Waals surface area contributed by atoms with E-state index >= 15 is 0 Å². The van der Waals surface area contributed by atoms with Crippen LogP contribution in [-0.2, 0) is 36.8 Å². The number of fused-ring (bicyclic) bond motifs is 1. The van der Waals surface area contributed by atoms with E-state index in [0.717, 1.165) is 22.2 Å². The molecule has 10 heteroatoms. The zero-order valence-electron chi connectivity index (χ0n) is 22.6. The van der Waals surface area contributed by atoms with Crippen molar-refractivity contribution in [3.63, 3.8) is 0 Å². The second kappa shape index (κ2) is 13.0. The molecule has 0 aliphatic carbocycles. The van der Waals surface area contributed by atoms with Gasteiger partial charge in [-0.2, -0.15) is 5.26 Å². The molecule has 0 fully saturated rings. The summed E-state index contributed by atoms with van der Waals surface area (Å²) < 4.78 is 17.2. The average Bonchev–Trinajstić information content (AvgIpc) is 3.36. The lowest BCUT2D eigenvalue weighted by atomic mass is 10.0. The smallest absolute Gasteiger partial charge is 0.348 e. The Balaban J connectivity index is 2.05. The predicted octanol–water partition coefficient (Wildman–Crippen LogP) is 4.95. The van der Waals surface area contributed by atoms with E-state index in [9.17, 15) is 24.4 Å². The zero-order chi connectivity index (χ0) is 28.7. The fraction of sp³-hybridized carbons (Fsp3) is 0.345. The molecule has 2 heterocycles. The van der Waals surface area contributed by atoms with Gasteiger partial charge < -0.3 is 18.8 Å². The van der Waals surface area contributed by atoms with E-state index in [-0.39, 0.29) is 48.8 Å². The fourth-order valence-electron chi connectivity index (χ4n) is 4.30. The molecule has 0 amide bonds. The Labute approximate surface area is 230 Å². The van der Waals surface area contributed by atoms with Crippen molar-refractivity contribution >= 4 is 52.0 Å². The first kappa shape index (κ1) is 29.3. The Bertz CT molecular complexity index is 1500. The standard InChI is InChI=1S/C29H30N2O7S/c1-6-36-25(33)16-31-18(5)21(20-11-9-10-12-22(20)31)13-19(15-30)23(32)14-24-26(28(34)37-7-2)17(4)27(39-24)29(35)38-8-3/h9-13H,6-8,14,16H2,1-5H3/b19-13+. The van der Waals surface area contributed by atoms with Gasteiger partial charge in [-0.15, -0.1) is 11.3 Å². The number of carbonyl (C=O) groups excluding carboxylic acids is 4. The number of allylic oxidation sites excluding steroid dienone is 1. The summed E-state index contributed by atoms with van der Waals surface area (Å²) in [4.78, 5) is 51.3. The molecule has 0 saturated carbocycles. The van der Waals surface area contributed by atoms with E-state index in [1.54, 1.807) is 39.2 Å². The summed E-state index contributed by atoms with van der Waals surface area (Å²) in [5.41, 5.74) is 2.46. The molecule has 0 bridgehead atoms. The highest BCUT2D eigenvalue weighted by atomic mass is 32.1. The van der Waals surface area contributed by atoms with Crippen molar-refractivity contribution in [2.24, 2.45) is 0 Å². The largest absolute Gasteiger partial charge is 0.465 e. The third-order valence-electron chi connectivity index (χ3n) is 6.06. The third kappa shape index (κ3) is 6.26. The van der Waals surface area contributed by atoms with E-state index in [1.807, 2.05) is 30.3 Å². The highest BCUT2D eigenvalue weighted by Crippen LogP contribution is 2.32. The van der Waals surface area contributed by atoms with Crippen LogP contribution in [0.5, 0.6) is 0 Å². The number of nitrogens with zero attached hydrogens (tertiary/aromatic N) is 2. The number of aromatic nitrogens is 1. The lowest BCUT2D eigenvalue weighted by Crippen LogP contribution is -2.14. The third-order valence-corrected chi connectivity index (χ3v) is 7.33. The normalized spacial score (nSPS) is 11.2. The van der Waals surface area contributed by atoms with Crippen LogP contribution in [0.25, 0.3) is 17.0 Å². The SMILES string of the molecule is CCOC(=O)Cn1c(C)c(/C=C(\C#N)C(=O)Cc2sc(C(=O)OCC)c(C)c2C(=O)OCC)c2ccccc21. The van der Waals surface area contributed by atoms with Crippen LogP contribution in [-0.4, -0.2) is 48.1 Å². The van der Waals surface area contributed by atoms with E-state index in [0.29, 0.717) is 21.7 Å². The van der Waals surface area contributed by atoms with Crippen LogP contribution in [0.2, 0.25) is 0 Å². The van der Waals surface area contributed by atoms with Crippen LogP contribution in [0.1, 0.15) is 62.5 Å². The average molecular weight is 551 g/mol. The van der Waals surface area contributed by atoms with Crippen LogP contribution >= 0.6 is 11.3 Å². The van der Waals surface area contributed by atoms with Gasteiger partial charge in [-0.1, -0.05) is 18.2 Å². The number of thiophene rings is 1. The van der Waals surface area contributed by atoms with Crippen LogP contribution in [0, 0.1) is 25.2 Å². The number of benzene rings is 1. The molecule has 9 nitrogen and oxygen atoms in total. The maximum absolute atomic E-state index is 13.4. The zero-order valence-corrected chi connectivity index (χ0v) is 23.4. The molecule has 1 aromatic carbocycles. The van der Waals surface area contributed by atoms with Gasteiger partial charge >= 0.3 is 17.9 Å². The van der Waals surface area contributed by atoms with Gasteiger partial charge in [0.05, 0.1) is 31.0 Å². The van der Waals surface area contributed by atoms with Crippen molar-refractivity contribution < 1.29 is 33.4 Å². The number of nitriles is 1. The highest BCUT2D eigenvalue weighted by Gasteiger charge is 2.28. The Kier molecular flexibility index (Phi) is 9.79. The number of Topliss-reactive ketones (excluding diaryl/α,β-unsaturated/α-hetero) is 1. The molecule has 39 heavy (non-hydrogen) atoms. The molecule has 0 aliphatic heterocycles. The molecule has 0 unspecified atom stereocenters. The van der Waals surface area contributed by atoms with Crippen molar-refractivity contribution in [2.75, 3.05) is 19.8 Å². The molecule has 0 aliphatic rings. The van der Waals surface area contributed by atoms with Crippen LogP contribution in [0.15, 0.2) is 29.8 Å². The minimum absolute atomic E-state index is 0.0160. The number of esters is 3. The number of rotatable bonds is 11. The fourth-order valence-corrected chi connectivity index (χ4v) is 5.48. The van der Waals surface area contributed by atoms with E-state index in [2.05, 4.69) is 0 Å². The van der Waals surface area contributed by atoms with Gasteiger partial charge in [0.15, 0.2) is 5.78 Å². The molecule has 0 N–H and O–H groups in total. The Morgan fingerprint density at radius 3 is 2.26 bits per heavy atom. The molecule has 3 aromatic rings. The van der Waals surface area contributed by atoms with Gasteiger partial charge in [-0.05, 0) is 52.3 Å². The number of hydrogen-bond acceptors (Lipinski definition) is 9. The molecule has 0 saturated heterocycles. The van der Waals surface area contributed by atoms with Crippen molar-refractivity contribution in [1.82, 2.24) is 4.57 Å². The minimum atomic E-state index is -0.648. The summed E-state index contributed by atoms with van der Waals surface area (Å²) in [5.74, 6) is -2.16. The quantitative estimate of drug-likeness (QED) is 0.142. The molecule has 2 aromatic heterocycles. The minimum Gasteiger partial charge on any atom is -0.465 e. The number of ketones is 1. The Morgan fingerprint density at radius 2 is 1.62 bits per heavy atom. The topological polar surface area (TPSA) is 125 Å². The predicted molar refractivity (Wildman–Crippen MR) is 147 cm³/mol. The molecule has 0 spiro atoms. The summed E-state index contributed by atoms with van der Waals surface area (Å²) >= 11 is 0.984. The molecular formula is C29H30N2O7S. The number of ether oxygens (including phenoxy) is 3. The van der Waals surface area contributed by atoms with E-state index < -0.39 is 23.7 Å². The van der Waals surface area contributed by atoms with E-state index in [4.69, 9.17) is 14.2 Å². The van der Waals surface area contributed by atoms with Crippen LogP contribution in [0.3, 0.4) is 0 Å². The summed E-state index contributed by atoms with van der Waals surface area (Å²) in [6.07, 6.45) is 1.22. The highest BCUT2D eigenvalue weighted by molar-refractivity contribution is 7.14. The molecular weight excluding hydrogens is 520 g/mol. The summed E-state index contributed by atoms with van der Waals surface area (Å²) in [7, 11) is 0. The lowest BCUT2D eigenvalue weighted by Gasteiger charge is -2.08. The number of para-hydroxylation sites is 1. The van der Waals surface area contributed by atoms with Gasteiger partial charge in [0.1, 0.15) is 17.5 Å². The first-order valence-electron chi connectivity index (χ1n) is 12.5. The van der Waals surface area contributed by atoms with Crippen molar-refractivity contribution in [1.29, 1.82) is 5.26 Å². The first-order chi connectivity index (χ1) is 18.7. The van der Waals surface area contributed by atoms with Gasteiger partial charge in [-0.3, -0.25) is 9.59 Å². The van der Waals surface area contributed by atoms with Crippen LogP contribution in [0.4, 0.5) is 0 Å². The summed E-state index contributed by atoms with van der Waals surface area (Å²) in [6.45, 7) is 8.99. The van der Waals surface area contributed by atoms with Crippen molar-refractivity contribution in [2.45, 2.75) is 47.6 Å². The van der Waals surface area contributed by atoms with Gasteiger partial charge in [0.2, 0.25) is 0 Å². The maximum Gasteiger partial charge on any atom is 0.348 e. The van der Waals surface area contributed by atoms with Gasteiger partial charge in [-0.25, -0.2) is 9.59 Å². The van der Waals surface area contributed by atoms with E-state index in [1.165, 1.54) is 6.08 Å². The maximum atomic E-state index is 13.4. The molecule has 204 valence electrons. The Morgan fingerprint density at radius 1 is 0.974 bits per heavy atom. The number of carbonyl (C=O) groups is 4. The summed E-state index contributed by atoms with van der Waals surface area (Å²) in [6, 6.07) is 9.35. The lowest BCUT2D eigenvalue weighted by molar-refractivity contribution is -0.143. The molecule has 0 radical (unpaired) electrons. The Hall–Kier alpha value is -4.23. The summed E-state index contributed by atoms with van der Waals surface area (Å²) in [5, 5.41) is 10.7. The van der Waals surface area contributed by atoms with Crippen LogP contribution < -0.4 is 0 Å².